The topological polar surface area (TPSA) is 30.7 Å². The number of nitrogens with zero attached hydrogens (tertiary/aromatic N) is 3. The second kappa shape index (κ2) is 5.50. The van der Waals surface area contributed by atoms with E-state index < -0.39 is 0 Å². The summed E-state index contributed by atoms with van der Waals surface area (Å²) < 4.78 is 1.99. The first-order valence-electron chi connectivity index (χ1n) is 5.51. The molecule has 0 aromatic carbocycles. The molecule has 0 N–H and O–H groups in total. The largest absolute Gasteiger partial charge is 0.250 e. The normalized spacial score (nSPS) is 15.6. The molecule has 4 heteroatoms. The molecule has 0 spiro atoms. The number of alkyl halides is 1. The van der Waals surface area contributed by atoms with Gasteiger partial charge in [0.2, 0.25) is 0 Å². The van der Waals surface area contributed by atoms with Crippen LogP contribution in [0.3, 0.4) is 0 Å². The fourth-order valence-corrected chi connectivity index (χ4v) is 1.48. The molecule has 1 rings (SSSR count). The van der Waals surface area contributed by atoms with Gasteiger partial charge in [0.15, 0.2) is 0 Å². The number of aromatic nitrogens is 3. The zero-order chi connectivity index (χ0) is 11.4. The van der Waals surface area contributed by atoms with Crippen molar-refractivity contribution in [2.75, 3.05) is 0 Å². The highest BCUT2D eigenvalue weighted by Crippen LogP contribution is 2.15. The van der Waals surface area contributed by atoms with Gasteiger partial charge in [-0.2, -0.15) is 5.10 Å². The number of hydrogen-bond donors (Lipinski definition) is 0. The molecule has 1 aromatic heterocycles. The van der Waals surface area contributed by atoms with Gasteiger partial charge in [-0.15, -0.1) is 11.6 Å². The standard InChI is InChI=1S/C11H20ClN3/c1-8(2)6-15-11(13-7-14-15)5-9(3)10(4)12/h7-10H,5-6H2,1-4H3. The fraction of sp³-hybridized carbons (Fsp3) is 0.818. The zero-order valence-electron chi connectivity index (χ0n) is 9.94. The lowest BCUT2D eigenvalue weighted by molar-refractivity contribution is 0.445. The molecular weight excluding hydrogens is 210 g/mol. The van der Waals surface area contributed by atoms with Gasteiger partial charge in [0, 0.05) is 18.3 Å². The maximum atomic E-state index is 6.05. The van der Waals surface area contributed by atoms with E-state index in [0.717, 1.165) is 18.8 Å². The van der Waals surface area contributed by atoms with Crippen molar-refractivity contribution < 1.29 is 0 Å². The molecular formula is C11H20ClN3. The predicted molar refractivity (Wildman–Crippen MR) is 63.0 cm³/mol. The summed E-state index contributed by atoms with van der Waals surface area (Å²) in [6.07, 6.45) is 2.53. The lowest BCUT2D eigenvalue weighted by Gasteiger charge is -2.14. The summed E-state index contributed by atoms with van der Waals surface area (Å²) in [7, 11) is 0. The van der Waals surface area contributed by atoms with E-state index in [1.54, 1.807) is 6.33 Å². The smallest absolute Gasteiger partial charge is 0.138 e. The van der Waals surface area contributed by atoms with Crippen LogP contribution >= 0.6 is 11.6 Å². The van der Waals surface area contributed by atoms with Crippen LogP contribution in [0.25, 0.3) is 0 Å². The van der Waals surface area contributed by atoms with Crippen molar-refractivity contribution in [3.63, 3.8) is 0 Å². The van der Waals surface area contributed by atoms with E-state index in [-0.39, 0.29) is 5.38 Å². The molecule has 0 aliphatic heterocycles. The van der Waals surface area contributed by atoms with Crippen LogP contribution in [0.2, 0.25) is 0 Å². The van der Waals surface area contributed by atoms with Crippen molar-refractivity contribution in [1.29, 1.82) is 0 Å². The van der Waals surface area contributed by atoms with Gasteiger partial charge < -0.3 is 0 Å². The molecule has 1 heterocycles. The Bertz CT molecular complexity index is 294. The lowest BCUT2D eigenvalue weighted by Crippen LogP contribution is -2.16. The van der Waals surface area contributed by atoms with Crippen LogP contribution in [0.4, 0.5) is 0 Å². The van der Waals surface area contributed by atoms with Gasteiger partial charge in [-0.1, -0.05) is 20.8 Å². The second-order valence-corrected chi connectivity index (χ2v) is 5.30. The highest BCUT2D eigenvalue weighted by atomic mass is 35.5. The van der Waals surface area contributed by atoms with Crippen molar-refractivity contribution in [3.05, 3.63) is 12.2 Å². The molecule has 0 amide bonds. The van der Waals surface area contributed by atoms with Crippen molar-refractivity contribution >= 4 is 11.6 Å². The number of rotatable bonds is 5. The summed E-state index contributed by atoms with van der Waals surface area (Å²) in [4.78, 5) is 4.28. The molecule has 3 nitrogen and oxygen atoms in total. The van der Waals surface area contributed by atoms with Gasteiger partial charge in [0.1, 0.15) is 12.2 Å². The average molecular weight is 230 g/mol. The van der Waals surface area contributed by atoms with E-state index in [1.807, 2.05) is 11.6 Å². The third-order valence-electron chi connectivity index (χ3n) is 2.52. The van der Waals surface area contributed by atoms with E-state index in [9.17, 15) is 0 Å². The van der Waals surface area contributed by atoms with E-state index in [1.165, 1.54) is 0 Å². The summed E-state index contributed by atoms with van der Waals surface area (Å²) >= 11 is 6.05. The quantitative estimate of drug-likeness (QED) is 0.727. The Hall–Kier alpha value is -0.570. The van der Waals surface area contributed by atoms with Crippen LogP contribution in [0, 0.1) is 11.8 Å². The lowest BCUT2D eigenvalue weighted by atomic mass is 10.0. The van der Waals surface area contributed by atoms with E-state index in [4.69, 9.17) is 11.6 Å². The average Bonchev–Trinajstić information content (AvgIpc) is 2.51. The Labute approximate surface area is 96.8 Å². The first-order chi connectivity index (χ1) is 7.00. The van der Waals surface area contributed by atoms with Gasteiger partial charge in [0.05, 0.1) is 0 Å². The van der Waals surface area contributed by atoms with Gasteiger partial charge in [0.25, 0.3) is 0 Å². The summed E-state index contributed by atoms with van der Waals surface area (Å²) in [5, 5.41) is 4.41. The fourth-order valence-electron chi connectivity index (χ4n) is 1.39. The van der Waals surface area contributed by atoms with Gasteiger partial charge in [-0.25, -0.2) is 9.67 Å². The molecule has 15 heavy (non-hydrogen) atoms. The first-order valence-corrected chi connectivity index (χ1v) is 5.95. The van der Waals surface area contributed by atoms with E-state index >= 15 is 0 Å². The maximum Gasteiger partial charge on any atom is 0.138 e. The van der Waals surface area contributed by atoms with Gasteiger partial charge >= 0.3 is 0 Å². The Morgan fingerprint density at radius 1 is 1.33 bits per heavy atom. The number of hydrogen-bond acceptors (Lipinski definition) is 2. The summed E-state index contributed by atoms with van der Waals surface area (Å²) in [5.74, 6) is 2.07. The second-order valence-electron chi connectivity index (χ2n) is 4.61. The summed E-state index contributed by atoms with van der Waals surface area (Å²) in [5.41, 5.74) is 0. The zero-order valence-corrected chi connectivity index (χ0v) is 10.7. The van der Waals surface area contributed by atoms with E-state index in [2.05, 4.69) is 30.9 Å². The van der Waals surface area contributed by atoms with Crippen LogP contribution in [0.5, 0.6) is 0 Å². The minimum atomic E-state index is 0.175. The summed E-state index contributed by atoms with van der Waals surface area (Å²) in [6.45, 7) is 9.46. The molecule has 0 saturated heterocycles. The SMILES string of the molecule is CC(C)Cn1ncnc1CC(C)C(C)Cl. The Kier molecular flexibility index (Phi) is 4.58. The van der Waals surface area contributed by atoms with Crippen LogP contribution in [0.15, 0.2) is 6.33 Å². The van der Waals surface area contributed by atoms with Crippen LogP contribution in [0.1, 0.15) is 33.5 Å². The van der Waals surface area contributed by atoms with Gasteiger partial charge in [-0.3, -0.25) is 0 Å². The molecule has 0 aliphatic rings. The third-order valence-corrected chi connectivity index (χ3v) is 2.95. The molecule has 0 fully saturated rings. The highest BCUT2D eigenvalue weighted by molar-refractivity contribution is 6.20. The van der Waals surface area contributed by atoms with Crippen molar-refractivity contribution in [2.24, 2.45) is 11.8 Å². The minimum Gasteiger partial charge on any atom is -0.250 e. The van der Waals surface area contributed by atoms with Crippen molar-refractivity contribution in [2.45, 2.75) is 46.0 Å². The minimum absolute atomic E-state index is 0.175. The first kappa shape index (κ1) is 12.5. The molecule has 1 aromatic rings. The van der Waals surface area contributed by atoms with Crippen LogP contribution in [-0.4, -0.2) is 20.1 Å². The Morgan fingerprint density at radius 2 is 2.00 bits per heavy atom. The Balaban J connectivity index is 2.64. The van der Waals surface area contributed by atoms with Gasteiger partial charge in [-0.05, 0) is 18.8 Å². The molecule has 0 aliphatic carbocycles. The molecule has 86 valence electrons. The molecule has 0 bridgehead atoms. The maximum absolute atomic E-state index is 6.05. The predicted octanol–water partition coefficient (Wildman–Crippen LogP) is 2.74. The molecule has 2 atom stereocenters. The molecule has 2 unspecified atom stereocenters. The van der Waals surface area contributed by atoms with Crippen molar-refractivity contribution in [1.82, 2.24) is 14.8 Å². The monoisotopic (exact) mass is 229 g/mol. The highest BCUT2D eigenvalue weighted by Gasteiger charge is 2.14. The Morgan fingerprint density at radius 3 is 2.53 bits per heavy atom. The number of halogens is 1. The molecule has 0 saturated carbocycles. The van der Waals surface area contributed by atoms with Crippen LogP contribution < -0.4 is 0 Å². The van der Waals surface area contributed by atoms with Crippen molar-refractivity contribution in [3.8, 4) is 0 Å². The van der Waals surface area contributed by atoms with Crippen LogP contribution in [-0.2, 0) is 13.0 Å². The third kappa shape index (κ3) is 3.82. The summed E-state index contributed by atoms with van der Waals surface area (Å²) in [6, 6.07) is 0. The van der Waals surface area contributed by atoms with E-state index in [0.29, 0.717) is 11.8 Å². The molecule has 0 radical (unpaired) electrons.